The van der Waals surface area contributed by atoms with Crippen LogP contribution in [0.2, 0.25) is 0 Å². The minimum atomic E-state index is 0.237. The maximum absolute atomic E-state index is 4.34. The standard InChI is InChI=1S/C11H16N2/c1-9-4-5-10(8-12-9)11(2)6-7-13(11)3/h4-5,8H,6-7H2,1-3H3. The van der Waals surface area contributed by atoms with Gasteiger partial charge in [-0.05, 0) is 38.9 Å². The molecule has 2 nitrogen and oxygen atoms in total. The molecule has 13 heavy (non-hydrogen) atoms. The highest BCUT2D eigenvalue weighted by molar-refractivity contribution is 5.24. The summed E-state index contributed by atoms with van der Waals surface area (Å²) < 4.78 is 0. The fraction of sp³-hybridized carbons (Fsp3) is 0.545. The first-order valence-corrected chi connectivity index (χ1v) is 4.77. The second kappa shape index (κ2) is 2.81. The van der Waals surface area contributed by atoms with E-state index in [-0.39, 0.29) is 5.54 Å². The van der Waals surface area contributed by atoms with Gasteiger partial charge in [-0.3, -0.25) is 9.88 Å². The topological polar surface area (TPSA) is 16.1 Å². The van der Waals surface area contributed by atoms with Gasteiger partial charge < -0.3 is 0 Å². The summed E-state index contributed by atoms with van der Waals surface area (Å²) in [6.07, 6.45) is 3.25. The van der Waals surface area contributed by atoms with Gasteiger partial charge >= 0.3 is 0 Å². The third-order valence-electron chi connectivity index (χ3n) is 3.31. The molecular formula is C11H16N2. The molecule has 0 aromatic carbocycles. The van der Waals surface area contributed by atoms with E-state index >= 15 is 0 Å². The van der Waals surface area contributed by atoms with E-state index in [0.717, 1.165) is 5.69 Å². The van der Waals surface area contributed by atoms with Crippen molar-refractivity contribution in [2.45, 2.75) is 25.8 Å². The van der Waals surface area contributed by atoms with Gasteiger partial charge in [-0.25, -0.2) is 0 Å². The predicted octanol–water partition coefficient (Wildman–Crippen LogP) is 1.94. The van der Waals surface area contributed by atoms with Crippen LogP contribution in [0.15, 0.2) is 18.3 Å². The molecule has 1 aliphatic heterocycles. The van der Waals surface area contributed by atoms with Crippen LogP contribution in [0.1, 0.15) is 24.6 Å². The molecule has 2 rings (SSSR count). The van der Waals surface area contributed by atoms with Gasteiger partial charge in [0.25, 0.3) is 0 Å². The Bertz CT molecular complexity index is 304. The number of rotatable bonds is 1. The van der Waals surface area contributed by atoms with Gasteiger partial charge in [0.1, 0.15) is 0 Å². The summed E-state index contributed by atoms with van der Waals surface area (Å²) in [5.74, 6) is 0. The first kappa shape index (κ1) is 8.70. The average Bonchev–Trinajstić information content (AvgIpc) is 2.15. The smallest absolute Gasteiger partial charge is 0.0456 e. The summed E-state index contributed by atoms with van der Waals surface area (Å²) in [6, 6.07) is 4.28. The maximum Gasteiger partial charge on any atom is 0.0456 e. The minimum absolute atomic E-state index is 0.237. The van der Waals surface area contributed by atoms with E-state index in [2.05, 4.69) is 36.0 Å². The zero-order chi connectivity index (χ0) is 9.47. The summed E-state index contributed by atoms with van der Waals surface area (Å²) >= 11 is 0. The number of hydrogen-bond acceptors (Lipinski definition) is 2. The van der Waals surface area contributed by atoms with Crippen molar-refractivity contribution in [1.82, 2.24) is 9.88 Å². The quantitative estimate of drug-likeness (QED) is 0.650. The van der Waals surface area contributed by atoms with Crippen LogP contribution >= 0.6 is 0 Å². The van der Waals surface area contributed by atoms with E-state index < -0.39 is 0 Å². The molecule has 1 aromatic rings. The van der Waals surface area contributed by atoms with Crippen LogP contribution in [0, 0.1) is 6.92 Å². The summed E-state index contributed by atoms with van der Waals surface area (Å²) in [7, 11) is 2.17. The van der Waals surface area contributed by atoms with Crippen molar-refractivity contribution in [2.75, 3.05) is 13.6 Å². The molecule has 1 fully saturated rings. The van der Waals surface area contributed by atoms with Crippen molar-refractivity contribution in [1.29, 1.82) is 0 Å². The van der Waals surface area contributed by atoms with E-state index in [1.54, 1.807) is 0 Å². The molecule has 70 valence electrons. The molecule has 1 unspecified atom stereocenters. The van der Waals surface area contributed by atoms with E-state index in [1.807, 2.05) is 13.1 Å². The Kier molecular flexibility index (Phi) is 1.88. The number of hydrogen-bond donors (Lipinski definition) is 0. The van der Waals surface area contributed by atoms with E-state index in [1.165, 1.54) is 18.5 Å². The minimum Gasteiger partial charge on any atom is -0.297 e. The van der Waals surface area contributed by atoms with Crippen molar-refractivity contribution < 1.29 is 0 Å². The Labute approximate surface area is 79.6 Å². The molecule has 1 saturated heterocycles. The lowest BCUT2D eigenvalue weighted by Gasteiger charge is -2.48. The Morgan fingerprint density at radius 2 is 2.23 bits per heavy atom. The fourth-order valence-electron chi connectivity index (χ4n) is 1.82. The summed E-state index contributed by atoms with van der Waals surface area (Å²) in [5.41, 5.74) is 2.67. The summed E-state index contributed by atoms with van der Waals surface area (Å²) in [6.45, 7) is 5.50. The molecular weight excluding hydrogens is 160 g/mol. The van der Waals surface area contributed by atoms with Gasteiger partial charge in [0.15, 0.2) is 0 Å². The molecule has 1 atom stereocenters. The van der Waals surface area contributed by atoms with Gasteiger partial charge in [-0.15, -0.1) is 0 Å². The highest BCUT2D eigenvalue weighted by atomic mass is 15.2. The second-order valence-electron chi connectivity index (χ2n) is 4.13. The molecule has 2 heterocycles. The molecule has 0 aliphatic carbocycles. The third kappa shape index (κ3) is 1.25. The first-order valence-electron chi connectivity index (χ1n) is 4.77. The number of aromatic nitrogens is 1. The molecule has 0 N–H and O–H groups in total. The number of pyridine rings is 1. The van der Waals surface area contributed by atoms with Gasteiger partial charge in [-0.2, -0.15) is 0 Å². The van der Waals surface area contributed by atoms with Gasteiger partial charge in [-0.1, -0.05) is 6.07 Å². The van der Waals surface area contributed by atoms with Crippen molar-refractivity contribution in [2.24, 2.45) is 0 Å². The zero-order valence-electron chi connectivity index (χ0n) is 8.54. The SMILES string of the molecule is Cc1ccc(C2(C)CCN2C)cn1. The number of likely N-dealkylation sites (tertiary alicyclic amines) is 1. The second-order valence-corrected chi connectivity index (χ2v) is 4.13. The van der Waals surface area contributed by atoms with Crippen molar-refractivity contribution in [3.63, 3.8) is 0 Å². The molecule has 0 amide bonds. The maximum atomic E-state index is 4.34. The highest BCUT2D eigenvalue weighted by Crippen LogP contribution is 2.37. The first-order chi connectivity index (χ1) is 6.13. The summed E-state index contributed by atoms with van der Waals surface area (Å²) in [4.78, 5) is 6.71. The zero-order valence-corrected chi connectivity index (χ0v) is 8.54. The predicted molar refractivity (Wildman–Crippen MR) is 53.6 cm³/mol. The van der Waals surface area contributed by atoms with Crippen LogP contribution in [0.5, 0.6) is 0 Å². The van der Waals surface area contributed by atoms with Gasteiger partial charge in [0.05, 0.1) is 0 Å². The molecule has 0 spiro atoms. The normalized spacial score (nSPS) is 28.5. The highest BCUT2D eigenvalue weighted by Gasteiger charge is 2.39. The van der Waals surface area contributed by atoms with Crippen molar-refractivity contribution in [3.8, 4) is 0 Å². The fourth-order valence-corrected chi connectivity index (χ4v) is 1.82. The number of aryl methyl sites for hydroxylation is 1. The van der Waals surface area contributed by atoms with E-state index in [9.17, 15) is 0 Å². The number of nitrogens with zero attached hydrogens (tertiary/aromatic N) is 2. The lowest BCUT2D eigenvalue weighted by Crippen LogP contribution is -2.52. The van der Waals surface area contributed by atoms with Crippen LogP contribution in [-0.2, 0) is 5.54 Å². The molecule has 0 saturated carbocycles. The Morgan fingerprint density at radius 3 is 2.62 bits per heavy atom. The van der Waals surface area contributed by atoms with Crippen LogP contribution in [0.3, 0.4) is 0 Å². The van der Waals surface area contributed by atoms with Crippen LogP contribution in [0.4, 0.5) is 0 Å². The average molecular weight is 176 g/mol. The van der Waals surface area contributed by atoms with Crippen LogP contribution in [0.25, 0.3) is 0 Å². The van der Waals surface area contributed by atoms with E-state index in [0.29, 0.717) is 0 Å². The lowest BCUT2D eigenvalue weighted by molar-refractivity contribution is 0.0240. The van der Waals surface area contributed by atoms with Crippen molar-refractivity contribution in [3.05, 3.63) is 29.6 Å². The molecule has 0 radical (unpaired) electrons. The molecule has 1 aliphatic rings. The largest absolute Gasteiger partial charge is 0.297 e. The van der Waals surface area contributed by atoms with Crippen molar-refractivity contribution >= 4 is 0 Å². The van der Waals surface area contributed by atoms with Gasteiger partial charge in [0.2, 0.25) is 0 Å². The van der Waals surface area contributed by atoms with Crippen LogP contribution in [-0.4, -0.2) is 23.5 Å². The third-order valence-corrected chi connectivity index (χ3v) is 3.31. The molecule has 2 heteroatoms. The van der Waals surface area contributed by atoms with Crippen LogP contribution < -0.4 is 0 Å². The molecule has 0 bridgehead atoms. The molecule has 1 aromatic heterocycles. The Balaban J connectivity index is 2.30. The van der Waals surface area contributed by atoms with E-state index in [4.69, 9.17) is 0 Å². The summed E-state index contributed by atoms with van der Waals surface area (Å²) in [5, 5.41) is 0. The van der Waals surface area contributed by atoms with Gasteiger partial charge in [0, 0.05) is 24.0 Å². The Morgan fingerprint density at radius 1 is 1.46 bits per heavy atom. The lowest BCUT2D eigenvalue weighted by atomic mass is 9.81. The Hall–Kier alpha value is -0.890. The monoisotopic (exact) mass is 176 g/mol.